The lowest BCUT2D eigenvalue weighted by molar-refractivity contribution is 0.111. The average Bonchev–Trinajstić information content (AvgIpc) is 2.99. The highest BCUT2D eigenvalue weighted by Gasteiger charge is 2.27. The van der Waals surface area contributed by atoms with Crippen molar-refractivity contribution in [2.75, 3.05) is 0 Å². The van der Waals surface area contributed by atoms with E-state index < -0.39 is 0 Å². The van der Waals surface area contributed by atoms with Crippen LogP contribution in [-0.4, -0.2) is 16.0 Å². The van der Waals surface area contributed by atoms with E-state index in [1.54, 1.807) is 12.1 Å². The Kier molecular flexibility index (Phi) is 1.63. The van der Waals surface area contributed by atoms with Crippen molar-refractivity contribution in [3.63, 3.8) is 0 Å². The lowest BCUT2D eigenvalue weighted by Gasteiger charge is -2.04. The van der Waals surface area contributed by atoms with Crippen LogP contribution < -0.4 is 0 Å². The van der Waals surface area contributed by atoms with Crippen LogP contribution in [-0.2, 0) is 0 Å². The van der Waals surface area contributed by atoms with E-state index in [4.69, 9.17) is 0 Å². The molecule has 0 atom stereocenters. The Morgan fingerprint density at radius 2 is 2.13 bits per heavy atom. The highest BCUT2D eigenvalue weighted by atomic mass is 16.3. The number of carbonyl (C=O) groups excluding carboxylic acids is 1. The molecular weight excluding hydrogens is 190 g/mol. The zero-order valence-corrected chi connectivity index (χ0v) is 8.18. The van der Waals surface area contributed by atoms with Crippen LogP contribution in [0.25, 0.3) is 10.9 Å². The maximum atomic E-state index is 10.9. The second-order valence-electron chi connectivity index (χ2n) is 4.03. The number of aromatic hydroxyl groups is 1. The Balaban J connectivity index is 2.33. The molecule has 1 aliphatic rings. The van der Waals surface area contributed by atoms with Gasteiger partial charge in [0, 0.05) is 16.9 Å². The molecular formula is C12H11NO2. The highest BCUT2D eigenvalue weighted by molar-refractivity contribution is 5.90. The number of phenolic OH excluding ortho intramolecular Hbond substituents is 1. The van der Waals surface area contributed by atoms with Crippen molar-refractivity contribution in [1.82, 2.24) is 4.57 Å². The summed E-state index contributed by atoms with van der Waals surface area (Å²) < 4.78 is 2.07. The standard InChI is InChI=1S/C12H11NO2/c14-7-10-5-8-6-11(15)3-4-12(8)13(10)9-1-2-9/h3-7,9,15H,1-2H2. The Labute approximate surface area is 86.9 Å². The molecule has 1 N–H and O–H groups in total. The molecule has 0 aliphatic heterocycles. The van der Waals surface area contributed by atoms with Crippen LogP contribution >= 0.6 is 0 Å². The molecule has 0 bridgehead atoms. The first kappa shape index (κ1) is 8.53. The summed E-state index contributed by atoms with van der Waals surface area (Å²) >= 11 is 0. The van der Waals surface area contributed by atoms with E-state index in [9.17, 15) is 9.90 Å². The van der Waals surface area contributed by atoms with Crippen LogP contribution in [0.1, 0.15) is 29.4 Å². The fraction of sp³-hybridized carbons (Fsp3) is 0.250. The summed E-state index contributed by atoms with van der Waals surface area (Å²) in [6, 6.07) is 7.54. The molecule has 3 heteroatoms. The molecule has 2 aromatic rings. The fourth-order valence-electron chi connectivity index (χ4n) is 2.08. The molecule has 1 saturated carbocycles. The van der Waals surface area contributed by atoms with Gasteiger partial charge in [0.05, 0.1) is 5.69 Å². The average molecular weight is 201 g/mol. The van der Waals surface area contributed by atoms with Gasteiger partial charge in [-0.1, -0.05) is 0 Å². The van der Waals surface area contributed by atoms with Gasteiger partial charge in [-0.2, -0.15) is 0 Å². The number of carbonyl (C=O) groups is 1. The minimum absolute atomic E-state index is 0.243. The smallest absolute Gasteiger partial charge is 0.166 e. The third-order valence-electron chi connectivity index (χ3n) is 2.88. The zero-order valence-electron chi connectivity index (χ0n) is 8.18. The molecule has 1 fully saturated rings. The summed E-state index contributed by atoms with van der Waals surface area (Å²) in [5.41, 5.74) is 1.75. The van der Waals surface area contributed by atoms with Gasteiger partial charge in [0.15, 0.2) is 6.29 Å². The quantitative estimate of drug-likeness (QED) is 0.758. The highest BCUT2D eigenvalue weighted by Crippen LogP contribution is 2.39. The summed E-state index contributed by atoms with van der Waals surface area (Å²) in [6.07, 6.45) is 3.17. The van der Waals surface area contributed by atoms with E-state index in [1.165, 1.54) is 0 Å². The fourth-order valence-corrected chi connectivity index (χ4v) is 2.08. The summed E-state index contributed by atoms with van der Waals surface area (Å²) in [4.78, 5) is 10.9. The van der Waals surface area contributed by atoms with Crippen molar-refractivity contribution in [3.8, 4) is 5.75 Å². The zero-order chi connectivity index (χ0) is 10.4. The van der Waals surface area contributed by atoms with Gasteiger partial charge in [0.2, 0.25) is 0 Å². The van der Waals surface area contributed by atoms with E-state index in [-0.39, 0.29) is 5.75 Å². The van der Waals surface area contributed by atoms with E-state index in [0.717, 1.165) is 30.0 Å². The van der Waals surface area contributed by atoms with Gasteiger partial charge in [-0.3, -0.25) is 4.79 Å². The van der Waals surface area contributed by atoms with Crippen molar-refractivity contribution in [1.29, 1.82) is 0 Å². The molecule has 1 aliphatic carbocycles. The first-order valence-corrected chi connectivity index (χ1v) is 5.09. The van der Waals surface area contributed by atoms with Crippen LogP contribution in [0.3, 0.4) is 0 Å². The van der Waals surface area contributed by atoms with E-state index in [2.05, 4.69) is 4.57 Å². The monoisotopic (exact) mass is 201 g/mol. The normalized spacial score (nSPS) is 15.7. The first-order chi connectivity index (χ1) is 7.29. The lowest BCUT2D eigenvalue weighted by atomic mass is 10.2. The van der Waals surface area contributed by atoms with Gasteiger partial charge in [-0.15, -0.1) is 0 Å². The first-order valence-electron chi connectivity index (χ1n) is 5.09. The molecule has 1 aromatic carbocycles. The number of fused-ring (bicyclic) bond motifs is 1. The second kappa shape index (κ2) is 2.86. The molecule has 1 heterocycles. The van der Waals surface area contributed by atoms with Crippen LogP contribution in [0.2, 0.25) is 0 Å². The van der Waals surface area contributed by atoms with Gasteiger partial charge in [0.25, 0.3) is 0 Å². The molecule has 3 nitrogen and oxygen atoms in total. The molecule has 1 aromatic heterocycles. The van der Waals surface area contributed by atoms with E-state index in [1.807, 2.05) is 12.1 Å². The van der Waals surface area contributed by atoms with Gasteiger partial charge in [0.1, 0.15) is 5.75 Å². The molecule has 0 spiro atoms. The Hall–Kier alpha value is -1.77. The third kappa shape index (κ3) is 1.23. The van der Waals surface area contributed by atoms with Crippen LogP contribution in [0, 0.1) is 0 Å². The number of hydrogen-bond acceptors (Lipinski definition) is 2. The maximum absolute atomic E-state index is 10.9. The predicted molar refractivity (Wildman–Crippen MR) is 57.3 cm³/mol. The van der Waals surface area contributed by atoms with Crippen molar-refractivity contribution >= 4 is 17.2 Å². The van der Waals surface area contributed by atoms with Crippen molar-refractivity contribution in [3.05, 3.63) is 30.0 Å². The minimum Gasteiger partial charge on any atom is -0.508 e. The van der Waals surface area contributed by atoms with Crippen molar-refractivity contribution < 1.29 is 9.90 Å². The van der Waals surface area contributed by atoms with Crippen LogP contribution in [0.5, 0.6) is 5.75 Å². The van der Waals surface area contributed by atoms with Gasteiger partial charge in [-0.25, -0.2) is 0 Å². The predicted octanol–water partition coefficient (Wildman–Crippen LogP) is 2.49. The van der Waals surface area contributed by atoms with Crippen molar-refractivity contribution in [2.45, 2.75) is 18.9 Å². The Bertz CT molecular complexity index is 538. The molecule has 0 saturated heterocycles. The molecule has 3 rings (SSSR count). The molecule has 0 radical (unpaired) electrons. The largest absolute Gasteiger partial charge is 0.508 e. The van der Waals surface area contributed by atoms with Gasteiger partial charge < -0.3 is 9.67 Å². The summed E-state index contributed by atoms with van der Waals surface area (Å²) in [5.74, 6) is 0.243. The summed E-state index contributed by atoms with van der Waals surface area (Å²) in [6.45, 7) is 0. The number of rotatable bonds is 2. The topological polar surface area (TPSA) is 42.2 Å². The Morgan fingerprint density at radius 1 is 1.33 bits per heavy atom. The van der Waals surface area contributed by atoms with Gasteiger partial charge >= 0.3 is 0 Å². The van der Waals surface area contributed by atoms with Crippen LogP contribution in [0.15, 0.2) is 24.3 Å². The number of benzene rings is 1. The third-order valence-corrected chi connectivity index (χ3v) is 2.88. The van der Waals surface area contributed by atoms with Crippen molar-refractivity contribution in [2.24, 2.45) is 0 Å². The van der Waals surface area contributed by atoms with E-state index in [0.29, 0.717) is 11.7 Å². The number of aromatic nitrogens is 1. The van der Waals surface area contributed by atoms with Gasteiger partial charge in [-0.05, 0) is 37.1 Å². The maximum Gasteiger partial charge on any atom is 0.166 e. The number of phenols is 1. The number of hydrogen-bond donors (Lipinski definition) is 1. The second-order valence-corrected chi connectivity index (χ2v) is 4.03. The van der Waals surface area contributed by atoms with Crippen LogP contribution in [0.4, 0.5) is 0 Å². The molecule has 15 heavy (non-hydrogen) atoms. The lowest BCUT2D eigenvalue weighted by Crippen LogP contribution is -1.98. The summed E-state index contributed by atoms with van der Waals surface area (Å²) in [7, 11) is 0. The number of aldehydes is 1. The molecule has 76 valence electrons. The van der Waals surface area contributed by atoms with E-state index >= 15 is 0 Å². The SMILES string of the molecule is O=Cc1cc2cc(O)ccc2n1C1CC1. The summed E-state index contributed by atoms with van der Waals surface area (Å²) in [5, 5.41) is 10.3. The Morgan fingerprint density at radius 3 is 2.80 bits per heavy atom. The molecule has 0 unspecified atom stereocenters. The minimum atomic E-state index is 0.243. The number of nitrogens with zero attached hydrogens (tertiary/aromatic N) is 1. The molecule has 0 amide bonds.